The topological polar surface area (TPSA) is 94.2 Å². The second-order valence-corrected chi connectivity index (χ2v) is 9.70. The van der Waals surface area contributed by atoms with Gasteiger partial charge >= 0.3 is 0 Å². The summed E-state index contributed by atoms with van der Waals surface area (Å²) in [5.74, 6) is 1.26. The third-order valence-corrected chi connectivity index (χ3v) is 6.62. The molecule has 0 aliphatic carbocycles. The molecule has 0 aromatic heterocycles. The number of methoxy groups -OCH3 is 1. The van der Waals surface area contributed by atoms with Crippen LogP contribution in [-0.2, 0) is 14.8 Å². The monoisotopic (exact) mass is 482 g/mol. The van der Waals surface area contributed by atoms with Crippen molar-refractivity contribution in [3.63, 3.8) is 0 Å². The summed E-state index contributed by atoms with van der Waals surface area (Å²) < 4.78 is 42.7. The summed E-state index contributed by atoms with van der Waals surface area (Å²) in [4.78, 5) is 13.2. The molecule has 2 atom stereocenters. The fraction of sp³-hybridized carbons (Fsp3) is 0.409. The van der Waals surface area contributed by atoms with Crippen LogP contribution < -0.4 is 23.8 Å². The van der Waals surface area contributed by atoms with Gasteiger partial charge < -0.3 is 19.5 Å². The first kappa shape index (κ1) is 24.0. The lowest BCUT2D eigenvalue weighted by atomic mass is 10.1. The number of carbonyl (C=O) groups excluding carboxylic acids is 1. The van der Waals surface area contributed by atoms with Gasteiger partial charge in [-0.05, 0) is 49.2 Å². The van der Waals surface area contributed by atoms with E-state index >= 15 is 0 Å². The molecule has 0 unspecified atom stereocenters. The molecule has 0 radical (unpaired) electrons. The SMILES string of the molecule is CC[C@H](C(=O)N[C@H](C)c1ccc2c(c1)OCCO2)N(c1ccc(OC)c(Cl)c1)S(C)(=O)=O. The first-order valence-corrected chi connectivity index (χ1v) is 12.4. The van der Waals surface area contributed by atoms with Crippen LogP contribution in [0.5, 0.6) is 17.2 Å². The highest BCUT2D eigenvalue weighted by molar-refractivity contribution is 7.92. The molecule has 32 heavy (non-hydrogen) atoms. The van der Waals surface area contributed by atoms with E-state index < -0.39 is 22.0 Å². The van der Waals surface area contributed by atoms with E-state index in [0.29, 0.717) is 30.5 Å². The maximum Gasteiger partial charge on any atom is 0.244 e. The van der Waals surface area contributed by atoms with Crippen LogP contribution in [0.15, 0.2) is 36.4 Å². The number of nitrogens with zero attached hydrogens (tertiary/aromatic N) is 1. The van der Waals surface area contributed by atoms with E-state index in [1.807, 2.05) is 19.1 Å². The number of anilines is 1. The van der Waals surface area contributed by atoms with Gasteiger partial charge in [-0.3, -0.25) is 9.10 Å². The lowest BCUT2D eigenvalue weighted by Crippen LogP contribution is -2.49. The Morgan fingerprint density at radius 1 is 1.19 bits per heavy atom. The summed E-state index contributed by atoms with van der Waals surface area (Å²) in [5.41, 5.74) is 1.10. The molecule has 1 N–H and O–H groups in total. The van der Waals surface area contributed by atoms with E-state index in [0.717, 1.165) is 16.1 Å². The van der Waals surface area contributed by atoms with Crippen molar-refractivity contribution in [2.24, 2.45) is 0 Å². The first-order valence-electron chi connectivity index (χ1n) is 10.2. The van der Waals surface area contributed by atoms with Gasteiger partial charge in [-0.25, -0.2) is 8.42 Å². The van der Waals surface area contributed by atoms with Crippen molar-refractivity contribution in [3.8, 4) is 17.2 Å². The third kappa shape index (κ3) is 5.21. The number of fused-ring (bicyclic) bond motifs is 1. The summed E-state index contributed by atoms with van der Waals surface area (Å²) in [6, 6.07) is 8.72. The summed E-state index contributed by atoms with van der Waals surface area (Å²) in [5, 5.41) is 3.16. The summed E-state index contributed by atoms with van der Waals surface area (Å²) in [6.45, 7) is 4.53. The minimum Gasteiger partial charge on any atom is -0.495 e. The third-order valence-electron chi connectivity index (χ3n) is 5.14. The number of carbonyl (C=O) groups is 1. The molecule has 1 aliphatic rings. The molecule has 2 aromatic rings. The molecular formula is C22H27ClN2O6S. The van der Waals surface area contributed by atoms with E-state index in [9.17, 15) is 13.2 Å². The zero-order chi connectivity index (χ0) is 23.5. The van der Waals surface area contributed by atoms with Gasteiger partial charge in [-0.15, -0.1) is 0 Å². The Labute approximate surface area is 193 Å². The van der Waals surface area contributed by atoms with E-state index in [1.54, 1.807) is 25.1 Å². The molecule has 0 spiro atoms. The minimum atomic E-state index is -3.79. The molecule has 8 nitrogen and oxygen atoms in total. The minimum absolute atomic E-state index is 0.249. The average molecular weight is 483 g/mol. The van der Waals surface area contributed by atoms with Crippen LogP contribution in [0.1, 0.15) is 31.9 Å². The number of rotatable bonds is 8. The predicted octanol–water partition coefficient (Wildman–Crippen LogP) is 3.54. The van der Waals surface area contributed by atoms with Crippen LogP contribution in [0.25, 0.3) is 0 Å². The molecule has 2 aromatic carbocycles. The van der Waals surface area contributed by atoms with E-state index in [-0.39, 0.29) is 23.2 Å². The Morgan fingerprint density at radius 2 is 1.88 bits per heavy atom. The van der Waals surface area contributed by atoms with Gasteiger partial charge in [0.1, 0.15) is 25.0 Å². The highest BCUT2D eigenvalue weighted by Gasteiger charge is 2.32. The molecule has 0 fully saturated rings. The fourth-order valence-corrected chi connectivity index (χ4v) is 5.03. The van der Waals surface area contributed by atoms with Crippen LogP contribution in [0.4, 0.5) is 5.69 Å². The molecular weight excluding hydrogens is 456 g/mol. The van der Waals surface area contributed by atoms with Crippen LogP contribution >= 0.6 is 11.6 Å². The van der Waals surface area contributed by atoms with Crippen molar-refractivity contribution >= 4 is 33.2 Å². The molecule has 174 valence electrons. The summed E-state index contributed by atoms with van der Waals surface area (Å²) in [7, 11) is -2.32. The van der Waals surface area contributed by atoms with Gasteiger partial charge in [-0.1, -0.05) is 24.6 Å². The molecule has 1 aliphatic heterocycles. The number of halogens is 1. The number of ether oxygens (including phenoxy) is 3. The maximum absolute atomic E-state index is 13.2. The maximum atomic E-state index is 13.2. The molecule has 0 bridgehead atoms. The van der Waals surface area contributed by atoms with Crippen LogP contribution in [-0.4, -0.2) is 46.9 Å². The lowest BCUT2D eigenvalue weighted by Gasteiger charge is -2.31. The standard InChI is InChI=1S/C22H27ClN2O6S/c1-5-18(25(32(4,27)28)16-7-9-19(29-3)17(23)13-16)22(26)24-14(2)15-6-8-20-21(12-15)31-11-10-30-20/h6-9,12-14,18H,5,10-11H2,1-4H3,(H,24,26)/t14-,18-/m1/s1. The number of amides is 1. The van der Waals surface area contributed by atoms with Crippen LogP contribution in [0, 0.1) is 0 Å². The Bertz CT molecular complexity index is 1090. The van der Waals surface area contributed by atoms with Crippen LogP contribution in [0.2, 0.25) is 5.02 Å². The van der Waals surface area contributed by atoms with Gasteiger partial charge in [0, 0.05) is 0 Å². The summed E-state index contributed by atoms with van der Waals surface area (Å²) >= 11 is 6.20. The second kappa shape index (κ2) is 9.87. The fourth-order valence-electron chi connectivity index (χ4n) is 3.57. The smallest absolute Gasteiger partial charge is 0.244 e. The molecule has 0 saturated heterocycles. The Morgan fingerprint density at radius 3 is 2.47 bits per heavy atom. The largest absolute Gasteiger partial charge is 0.495 e. The zero-order valence-electron chi connectivity index (χ0n) is 18.4. The number of hydrogen-bond acceptors (Lipinski definition) is 6. The van der Waals surface area contributed by atoms with Crippen molar-refractivity contribution in [1.82, 2.24) is 5.32 Å². The molecule has 0 saturated carbocycles. The quantitative estimate of drug-likeness (QED) is 0.618. The van der Waals surface area contributed by atoms with Crippen molar-refractivity contribution in [3.05, 3.63) is 47.0 Å². The Balaban J connectivity index is 1.85. The van der Waals surface area contributed by atoms with Gasteiger partial charge in [0.2, 0.25) is 15.9 Å². The molecule has 10 heteroatoms. The highest BCUT2D eigenvalue weighted by atomic mass is 35.5. The predicted molar refractivity (Wildman–Crippen MR) is 123 cm³/mol. The number of benzene rings is 2. The molecule has 3 rings (SSSR count). The van der Waals surface area contributed by atoms with Gasteiger partial charge in [0.15, 0.2) is 11.5 Å². The van der Waals surface area contributed by atoms with Gasteiger partial charge in [0.05, 0.1) is 30.1 Å². The summed E-state index contributed by atoms with van der Waals surface area (Å²) in [6.07, 6.45) is 1.32. The first-order chi connectivity index (χ1) is 15.2. The Kier molecular flexibility index (Phi) is 7.40. The lowest BCUT2D eigenvalue weighted by molar-refractivity contribution is -0.122. The van der Waals surface area contributed by atoms with E-state index in [4.69, 9.17) is 25.8 Å². The number of sulfonamides is 1. The van der Waals surface area contributed by atoms with Crippen molar-refractivity contribution in [1.29, 1.82) is 0 Å². The number of hydrogen-bond donors (Lipinski definition) is 1. The van der Waals surface area contributed by atoms with Crippen molar-refractivity contribution in [2.75, 3.05) is 30.9 Å². The van der Waals surface area contributed by atoms with Crippen molar-refractivity contribution < 1.29 is 27.4 Å². The Hall–Kier alpha value is -2.65. The van der Waals surface area contributed by atoms with Gasteiger partial charge in [-0.2, -0.15) is 0 Å². The number of nitrogens with one attached hydrogen (secondary N) is 1. The highest BCUT2D eigenvalue weighted by Crippen LogP contribution is 2.34. The van der Waals surface area contributed by atoms with Crippen molar-refractivity contribution in [2.45, 2.75) is 32.4 Å². The van der Waals surface area contributed by atoms with Crippen LogP contribution in [0.3, 0.4) is 0 Å². The van der Waals surface area contributed by atoms with E-state index in [1.165, 1.54) is 13.2 Å². The van der Waals surface area contributed by atoms with E-state index in [2.05, 4.69) is 5.32 Å². The van der Waals surface area contributed by atoms with Gasteiger partial charge in [0.25, 0.3) is 0 Å². The second-order valence-electron chi connectivity index (χ2n) is 7.44. The zero-order valence-corrected chi connectivity index (χ0v) is 20.0. The average Bonchev–Trinajstić information content (AvgIpc) is 2.75. The molecule has 1 heterocycles. The normalized spacial score (nSPS) is 14.9. The molecule has 1 amide bonds.